The van der Waals surface area contributed by atoms with E-state index in [2.05, 4.69) is 10.1 Å². The molecule has 2 atom stereocenters. The zero-order chi connectivity index (χ0) is 15.8. The quantitative estimate of drug-likeness (QED) is 0.686. The number of amides is 2. The van der Waals surface area contributed by atoms with Crippen molar-refractivity contribution in [3.63, 3.8) is 0 Å². The smallest absolute Gasteiger partial charge is 0.325 e. The Kier molecular flexibility index (Phi) is 6.98. The van der Waals surface area contributed by atoms with Crippen molar-refractivity contribution >= 4 is 18.0 Å². The maximum atomic E-state index is 12.1. The maximum absolute atomic E-state index is 12.1. The molecule has 0 aromatic carbocycles. The van der Waals surface area contributed by atoms with Crippen molar-refractivity contribution in [1.82, 2.24) is 10.2 Å². The molecule has 0 aromatic heterocycles. The van der Waals surface area contributed by atoms with Gasteiger partial charge in [0.15, 0.2) is 0 Å². The molecule has 1 aliphatic carbocycles. The van der Waals surface area contributed by atoms with Crippen molar-refractivity contribution in [3.8, 4) is 0 Å². The fourth-order valence-corrected chi connectivity index (χ4v) is 2.68. The van der Waals surface area contributed by atoms with Crippen LogP contribution in [0.1, 0.15) is 32.6 Å². The number of nitrogens with one attached hydrogen (secondary N) is 1. The molecule has 1 fully saturated rings. The molecule has 0 saturated heterocycles. The lowest BCUT2D eigenvalue weighted by atomic mass is 9.96. The van der Waals surface area contributed by atoms with Crippen LogP contribution in [0.3, 0.4) is 0 Å². The van der Waals surface area contributed by atoms with Crippen LogP contribution in [0.25, 0.3) is 0 Å². The molecular formula is C14H24N2O5. The molecule has 0 spiro atoms. The number of aliphatic carboxylic acids is 1. The monoisotopic (exact) mass is 300 g/mol. The molecule has 2 amide bonds. The van der Waals surface area contributed by atoms with Crippen molar-refractivity contribution in [3.05, 3.63) is 0 Å². The van der Waals surface area contributed by atoms with Gasteiger partial charge in [0.2, 0.25) is 0 Å². The minimum Gasteiger partial charge on any atom is -0.481 e. The lowest BCUT2D eigenvalue weighted by Gasteiger charge is -2.23. The van der Waals surface area contributed by atoms with Crippen LogP contribution in [0.15, 0.2) is 0 Å². The topological polar surface area (TPSA) is 95.9 Å². The van der Waals surface area contributed by atoms with Gasteiger partial charge in [-0.05, 0) is 25.2 Å². The molecule has 0 heterocycles. The van der Waals surface area contributed by atoms with Gasteiger partial charge in [-0.1, -0.05) is 13.3 Å². The Morgan fingerprint density at radius 2 is 2.05 bits per heavy atom. The van der Waals surface area contributed by atoms with Crippen LogP contribution in [0.2, 0.25) is 0 Å². The fourth-order valence-electron chi connectivity index (χ4n) is 2.68. The first kappa shape index (κ1) is 17.3. The van der Waals surface area contributed by atoms with E-state index < -0.39 is 11.9 Å². The normalized spacial score (nSPS) is 20.9. The van der Waals surface area contributed by atoms with Crippen LogP contribution in [-0.2, 0) is 14.3 Å². The van der Waals surface area contributed by atoms with Gasteiger partial charge in [0.1, 0.15) is 6.54 Å². The summed E-state index contributed by atoms with van der Waals surface area (Å²) in [4.78, 5) is 35.8. The summed E-state index contributed by atoms with van der Waals surface area (Å²) in [5.41, 5.74) is 0. The van der Waals surface area contributed by atoms with E-state index in [1.165, 1.54) is 12.0 Å². The minimum atomic E-state index is -0.799. The van der Waals surface area contributed by atoms with Crippen molar-refractivity contribution in [2.24, 2.45) is 11.8 Å². The first-order valence-corrected chi connectivity index (χ1v) is 7.32. The van der Waals surface area contributed by atoms with Gasteiger partial charge in [-0.3, -0.25) is 9.59 Å². The second-order valence-corrected chi connectivity index (χ2v) is 5.32. The molecule has 7 heteroatoms. The zero-order valence-corrected chi connectivity index (χ0v) is 12.6. The van der Waals surface area contributed by atoms with Crippen molar-refractivity contribution in [2.45, 2.75) is 32.6 Å². The molecule has 7 nitrogen and oxygen atoms in total. The lowest BCUT2D eigenvalue weighted by molar-refractivity contribution is -0.143. The Morgan fingerprint density at radius 3 is 2.62 bits per heavy atom. The number of esters is 1. The number of carboxylic acids is 1. The highest BCUT2D eigenvalue weighted by atomic mass is 16.5. The first-order chi connectivity index (χ1) is 9.99. The van der Waals surface area contributed by atoms with E-state index in [9.17, 15) is 14.4 Å². The average molecular weight is 300 g/mol. The number of hydrogen-bond donors (Lipinski definition) is 2. The Hall–Kier alpha value is -1.79. The lowest BCUT2D eigenvalue weighted by Crippen LogP contribution is -2.45. The van der Waals surface area contributed by atoms with E-state index in [0.717, 1.165) is 19.3 Å². The van der Waals surface area contributed by atoms with Gasteiger partial charge in [-0.25, -0.2) is 4.79 Å². The SMILES string of the molecule is CCCN(CC(=O)OC)C(=O)NCC1CCCC1C(=O)O. The van der Waals surface area contributed by atoms with Gasteiger partial charge in [0.25, 0.3) is 0 Å². The molecule has 0 aromatic rings. The van der Waals surface area contributed by atoms with Crippen LogP contribution in [0.5, 0.6) is 0 Å². The van der Waals surface area contributed by atoms with E-state index in [1.54, 1.807) is 0 Å². The summed E-state index contributed by atoms with van der Waals surface area (Å²) in [6.07, 6.45) is 3.07. The van der Waals surface area contributed by atoms with Crippen LogP contribution >= 0.6 is 0 Å². The van der Waals surface area contributed by atoms with Gasteiger partial charge in [-0.2, -0.15) is 0 Å². The maximum Gasteiger partial charge on any atom is 0.325 e. The number of methoxy groups -OCH3 is 1. The predicted octanol–water partition coefficient (Wildman–Crippen LogP) is 1.08. The third-order valence-corrected chi connectivity index (χ3v) is 3.82. The standard InChI is InChI=1S/C14H24N2O5/c1-3-7-16(9-12(17)21-2)14(20)15-8-10-5-4-6-11(10)13(18)19/h10-11H,3-9H2,1-2H3,(H,15,20)(H,18,19). The molecule has 0 radical (unpaired) electrons. The summed E-state index contributed by atoms with van der Waals surface area (Å²) >= 11 is 0. The summed E-state index contributed by atoms with van der Waals surface area (Å²) in [6.45, 7) is 2.60. The number of hydrogen-bond acceptors (Lipinski definition) is 4. The summed E-state index contributed by atoms with van der Waals surface area (Å²) in [5.74, 6) is -1.69. The number of ether oxygens (including phenoxy) is 1. The highest BCUT2D eigenvalue weighted by Gasteiger charge is 2.33. The molecule has 2 unspecified atom stereocenters. The summed E-state index contributed by atoms with van der Waals surface area (Å²) in [6, 6.07) is -0.349. The van der Waals surface area contributed by atoms with E-state index in [4.69, 9.17) is 5.11 Å². The number of urea groups is 1. The van der Waals surface area contributed by atoms with Gasteiger partial charge >= 0.3 is 18.0 Å². The van der Waals surface area contributed by atoms with Crippen LogP contribution in [0.4, 0.5) is 4.79 Å². The van der Waals surface area contributed by atoms with Crippen LogP contribution < -0.4 is 5.32 Å². The summed E-state index contributed by atoms with van der Waals surface area (Å²) in [7, 11) is 1.28. The predicted molar refractivity (Wildman–Crippen MR) is 75.7 cm³/mol. The highest BCUT2D eigenvalue weighted by molar-refractivity contribution is 5.81. The van der Waals surface area contributed by atoms with Crippen molar-refractivity contribution in [1.29, 1.82) is 0 Å². The molecule has 1 aliphatic rings. The number of rotatable bonds is 7. The van der Waals surface area contributed by atoms with Crippen molar-refractivity contribution < 1.29 is 24.2 Å². The molecule has 1 saturated carbocycles. The highest BCUT2D eigenvalue weighted by Crippen LogP contribution is 2.31. The average Bonchev–Trinajstić information content (AvgIpc) is 2.92. The number of carbonyl (C=O) groups excluding carboxylic acids is 2. The van der Waals surface area contributed by atoms with E-state index in [0.29, 0.717) is 19.5 Å². The third-order valence-electron chi connectivity index (χ3n) is 3.82. The van der Waals surface area contributed by atoms with Crippen molar-refractivity contribution in [2.75, 3.05) is 26.7 Å². The van der Waals surface area contributed by atoms with E-state index in [-0.39, 0.29) is 24.4 Å². The van der Waals surface area contributed by atoms with E-state index in [1.807, 2.05) is 6.92 Å². The molecule has 21 heavy (non-hydrogen) atoms. The van der Waals surface area contributed by atoms with Gasteiger partial charge in [0.05, 0.1) is 13.0 Å². The largest absolute Gasteiger partial charge is 0.481 e. The molecule has 2 N–H and O–H groups in total. The summed E-state index contributed by atoms with van der Waals surface area (Å²) < 4.78 is 4.57. The third kappa shape index (κ3) is 5.24. The molecule has 1 rings (SSSR count). The second kappa shape index (κ2) is 8.49. The number of carbonyl (C=O) groups is 3. The molecular weight excluding hydrogens is 276 g/mol. The number of nitrogens with zero attached hydrogens (tertiary/aromatic N) is 1. The fraction of sp³-hybridized carbons (Fsp3) is 0.786. The van der Waals surface area contributed by atoms with E-state index >= 15 is 0 Å². The van der Waals surface area contributed by atoms with Gasteiger partial charge in [0, 0.05) is 13.1 Å². The zero-order valence-electron chi connectivity index (χ0n) is 12.6. The van der Waals surface area contributed by atoms with Gasteiger partial charge < -0.3 is 20.1 Å². The minimum absolute atomic E-state index is 0.0342. The van der Waals surface area contributed by atoms with Gasteiger partial charge in [-0.15, -0.1) is 0 Å². The Balaban J connectivity index is 2.49. The summed E-state index contributed by atoms with van der Waals surface area (Å²) in [5, 5.41) is 11.8. The second-order valence-electron chi connectivity index (χ2n) is 5.32. The Labute approximate surface area is 124 Å². The molecule has 0 bridgehead atoms. The van der Waals surface area contributed by atoms with Crippen LogP contribution in [0, 0.1) is 11.8 Å². The Bertz CT molecular complexity index is 386. The van der Waals surface area contributed by atoms with Crippen LogP contribution in [-0.4, -0.2) is 54.7 Å². The Morgan fingerprint density at radius 1 is 1.33 bits per heavy atom. The molecule has 120 valence electrons. The number of carboxylic acid groups (broad SMARTS) is 1. The molecule has 0 aliphatic heterocycles. The first-order valence-electron chi connectivity index (χ1n) is 7.32.